The second-order valence-corrected chi connectivity index (χ2v) is 7.85. The molecular weight excluding hydrogens is 412 g/mol. The van der Waals surface area contributed by atoms with Gasteiger partial charge in [0.2, 0.25) is 5.91 Å². The number of rotatable bonds is 9. The molecule has 0 saturated heterocycles. The SMILES string of the molecule is COC(CNC(=O)C(C)C(C)NC(=O)OCC1c2ccccc2-c2ccccc21)C(=O)O. The van der Waals surface area contributed by atoms with E-state index in [1.54, 1.807) is 13.8 Å². The van der Waals surface area contributed by atoms with E-state index in [0.29, 0.717) is 0 Å². The van der Waals surface area contributed by atoms with Gasteiger partial charge in [0.25, 0.3) is 0 Å². The highest BCUT2D eigenvalue weighted by Gasteiger charge is 2.30. The molecule has 8 heteroatoms. The van der Waals surface area contributed by atoms with Gasteiger partial charge in [0.1, 0.15) is 6.61 Å². The van der Waals surface area contributed by atoms with Gasteiger partial charge in [-0.05, 0) is 29.2 Å². The second-order valence-electron chi connectivity index (χ2n) is 7.85. The molecule has 3 unspecified atom stereocenters. The van der Waals surface area contributed by atoms with Crippen molar-refractivity contribution in [1.29, 1.82) is 0 Å². The van der Waals surface area contributed by atoms with E-state index < -0.39 is 30.1 Å². The minimum Gasteiger partial charge on any atom is -0.479 e. The van der Waals surface area contributed by atoms with Crippen molar-refractivity contribution in [2.75, 3.05) is 20.3 Å². The van der Waals surface area contributed by atoms with Crippen molar-refractivity contribution in [3.63, 3.8) is 0 Å². The monoisotopic (exact) mass is 440 g/mol. The Morgan fingerprint density at radius 3 is 2.09 bits per heavy atom. The van der Waals surface area contributed by atoms with Crippen LogP contribution in [0.1, 0.15) is 30.9 Å². The van der Waals surface area contributed by atoms with Gasteiger partial charge in [-0.1, -0.05) is 55.5 Å². The third-order valence-corrected chi connectivity index (χ3v) is 5.87. The molecule has 0 fully saturated rings. The molecule has 3 N–H and O–H groups in total. The molecule has 0 aromatic heterocycles. The fourth-order valence-corrected chi connectivity index (χ4v) is 3.80. The third kappa shape index (κ3) is 5.08. The van der Waals surface area contributed by atoms with Crippen LogP contribution in [-0.2, 0) is 19.1 Å². The molecule has 0 aliphatic heterocycles. The van der Waals surface area contributed by atoms with Crippen LogP contribution in [0.4, 0.5) is 4.79 Å². The van der Waals surface area contributed by atoms with E-state index in [1.165, 1.54) is 7.11 Å². The Hall–Kier alpha value is -3.39. The van der Waals surface area contributed by atoms with Crippen molar-refractivity contribution in [2.45, 2.75) is 31.9 Å². The largest absolute Gasteiger partial charge is 0.479 e. The van der Waals surface area contributed by atoms with E-state index in [1.807, 2.05) is 36.4 Å². The van der Waals surface area contributed by atoms with Gasteiger partial charge >= 0.3 is 12.1 Å². The normalized spacial score (nSPS) is 15.1. The Kier molecular flexibility index (Phi) is 7.48. The average Bonchev–Trinajstić information content (AvgIpc) is 3.11. The molecule has 0 heterocycles. The van der Waals surface area contributed by atoms with Crippen LogP contribution in [0.2, 0.25) is 0 Å². The van der Waals surface area contributed by atoms with E-state index in [-0.39, 0.29) is 25.0 Å². The van der Waals surface area contributed by atoms with E-state index in [2.05, 4.69) is 22.8 Å². The Bertz CT molecular complexity index is 946. The molecule has 2 aromatic rings. The van der Waals surface area contributed by atoms with Gasteiger partial charge in [0, 0.05) is 19.1 Å². The summed E-state index contributed by atoms with van der Waals surface area (Å²) in [6, 6.07) is 15.6. The molecule has 0 spiro atoms. The molecule has 3 rings (SSSR count). The number of amides is 2. The van der Waals surface area contributed by atoms with Crippen LogP contribution in [0.15, 0.2) is 48.5 Å². The van der Waals surface area contributed by atoms with Crippen LogP contribution in [0, 0.1) is 5.92 Å². The van der Waals surface area contributed by atoms with Gasteiger partial charge < -0.3 is 25.2 Å². The zero-order valence-electron chi connectivity index (χ0n) is 18.3. The average molecular weight is 440 g/mol. The van der Waals surface area contributed by atoms with Crippen LogP contribution in [0.3, 0.4) is 0 Å². The van der Waals surface area contributed by atoms with E-state index in [0.717, 1.165) is 22.3 Å². The molecule has 8 nitrogen and oxygen atoms in total. The number of carboxylic acid groups (broad SMARTS) is 1. The highest BCUT2D eigenvalue weighted by molar-refractivity contribution is 5.81. The number of nitrogens with one attached hydrogen (secondary N) is 2. The van der Waals surface area contributed by atoms with E-state index >= 15 is 0 Å². The van der Waals surface area contributed by atoms with Crippen LogP contribution in [0.25, 0.3) is 11.1 Å². The standard InChI is InChI=1S/C24H28N2O6/c1-14(22(27)25-12-21(31-3)23(28)29)15(2)26-24(30)32-13-20-18-10-6-4-8-16(18)17-9-5-7-11-19(17)20/h4-11,14-15,20-21H,12-13H2,1-3H3,(H,25,27)(H,26,30)(H,28,29). The smallest absolute Gasteiger partial charge is 0.407 e. The number of aliphatic carboxylic acids is 1. The zero-order valence-corrected chi connectivity index (χ0v) is 18.3. The van der Waals surface area contributed by atoms with E-state index in [9.17, 15) is 14.4 Å². The molecule has 0 radical (unpaired) electrons. The van der Waals surface area contributed by atoms with Gasteiger partial charge in [-0.25, -0.2) is 9.59 Å². The lowest BCUT2D eigenvalue weighted by atomic mass is 9.98. The predicted molar refractivity (Wildman–Crippen MR) is 118 cm³/mol. The predicted octanol–water partition coefficient (Wildman–Crippen LogP) is 2.77. The highest BCUT2D eigenvalue weighted by Crippen LogP contribution is 2.44. The highest BCUT2D eigenvalue weighted by atomic mass is 16.5. The first-order valence-electron chi connectivity index (χ1n) is 10.5. The maximum atomic E-state index is 12.4. The Labute approximate surface area is 186 Å². The summed E-state index contributed by atoms with van der Waals surface area (Å²) in [5, 5.41) is 14.2. The van der Waals surface area contributed by atoms with Crippen LogP contribution >= 0.6 is 0 Å². The van der Waals surface area contributed by atoms with Gasteiger partial charge in [0.15, 0.2) is 6.10 Å². The van der Waals surface area contributed by atoms with Crippen molar-refractivity contribution in [2.24, 2.45) is 5.92 Å². The molecule has 0 bridgehead atoms. The summed E-state index contributed by atoms with van der Waals surface area (Å²) in [5.41, 5.74) is 4.53. The second kappa shape index (κ2) is 10.3. The zero-order chi connectivity index (χ0) is 23.3. The number of hydrogen-bond acceptors (Lipinski definition) is 5. The van der Waals surface area contributed by atoms with Gasteiger partial charge in [-0.2, -0.15) is 0 Å². The quantitative estimate of drug-likeness (QED) is 0.553. The number of carbonyl (C=O) groups is 3. The number of alkyl carbamates (subject to hydrolysis) is 1. The molecule has 32 heavy (non-hydrogen) atoms. The van der Waals surface area contributed by atoms with Gasteiger partial charge in [-0.15, -0.1) is 0 Å². The number of hydrogen-bond donors (Lipinski definition) is 3. The molecule has 3 atom stereocenters. The molecular formula is C24H28N2O6. The first-order valence-corrected chi connectivity index (χ1v) is 10.5. The number of benzene rings is 2. The summed E-state index contributed by atoms with van der Waals surface area (Å²) in [6.07, 6.45) is -1.74. The lowest BCUT2D eigenvalue weighted by Crippen LogP contribution is -2.46. The summed E-state index contributed by atoms with van der Waals surface area (Å²) in [5.74, 6) is -2.20. The van der Waals surface area contributed by atoms with Crippen LogP contribution < -0.4 is 10.6 Å². The number of carbonyl (C=O) groups excluding carboxylic acids is 2. The molecule has 1 aliphatic rings. The summed E-state index contributed by atoms with van der Waals surface area (Å²) >= 11 is 0. The van der Waals surface area contributed by atoms with Crippen molar-refractivity contribution in [1.82, 2.24) is 10.6 Å². The maximum Gasteiger partial charge on any atom is 0.407 e. The van der Waals surface area contributed by atoms with Crippen molar-refractivity contribution in [3.05, 3.63) is 59.7 Å². The summed E-state index contributed by atoms with van der Waals surface area (Å²) < 4.78 is 10.3. The van der Waals surface area contributed by atoms with Gasteiger partial charge in [-0.3, -0.25) is 4.79 Å². The first kappa shape index (κ1) is 23.3. The van der Waals surface area contributed by atoms with Crippen molar-refractivity contribution >= 4 is 18.0 Å². The number of fused-ring (bicyclic) bond motifs is 3. The lowest BCUT2D eigenvalue weighted by Gasteiger charge is -2.22. The Morgan fingerprint density at radius 2 is 1.56 bits per heavy atom. The summed E-state index contributed by atoms with van der Waals surface area (Å²) in [6.45, 7) is 3.36. The summed E-state index contributed by atoms with van der Waals surface area (Å²) in [4.78, 5) is 35.7. The number of methoxy groups -OCH3 is 1. The van der Waals surface area contributed by atoms with Crippen molar-refractivity contribution in [3.8, 4) is 11.1 Å². The van der Waals surface area contributed by atoms with Crippen LogP contribution in [0.5, 0.6) is 0 Å². The molecule has 170 valence electrons. The molecule has 2 amide bonds. The topological polar surface area (TPSA) is 114 Å². The maximum absolute atomic E-state index is 12.4. The number of carboxylic acids is 1. The minimum absolute atomic E-state index is 0.0498. The third-order valence-electron chi connectivity index (χ3n) is 5.87. The van der Waals surface area contributed by atoms with Gasteiger partial charge in [0.05, 0.1) is 12.5 Å². The number of ether oxygens (including phenoxy) is 2. The van der Waals surface area contributed by atoms with Crippen LogP contribution in [-0.4, -0.2) is 55.5 Å². The fourth-order valence-electron chi connectivity index (χ4n) is 3.80. The fraction of sp³-hybridized carbons (Fsp3) is 0.375. The molecule has 2 aromatic carbocycles. The first-order chi connectivity index (χ1) is 15.3. The van der Waals surface area contributed by atoms with Crippen molar-refractivity contribution < 1.29 is 29.0 Å². The molecule has 1 aliphatic carbocycles. The Morgan fingerprint density at radius 1 is 1.00 bits per heavy atom. The lowest BCUT2D eigenvalue weighted by molar-refractivity contribution is -0.148. The minimum atomic E-state index is -1.16. The Balaban J connectivity index is 1.54. The molecule has 0 saturated carbocycles. The summed E-state index contributed by atoms with van der Waals surface area (Å²) in [7, 11) is 1.26. The van der Waals surface area contributed by atoms with E-state index in [4.69, 9.17) is 14.6 Å².